The fraction of sp³-hybridized carbons (Fsp3) is 0.278. The number of methoxy groups -OCH3 is 1. The predicted octanol–water partition coefficient (Wildman–Crippen LogP) is 3.39. The Morgan fingerprint density at radius 3 is 2.57 bits per heavy atom. The number of hydrogen-bond acceptors (Lipinski definition) is 2. The fourth-order valence-corrected chi connectivity index (χ4v) is 3.08. The van der Waals surface area contributed by atoms with Crippen LogP contribution in [0.4, 0.5) is 5.69 Å². The first-order valence-electron chi connectivity index (χ1n) is 7.28. The molecule has 0 aromatic heterocycles. The molecule has 3 heteroatoms. The first-order valence-corrected chi connectivity index (χ1v) is 7.28. The average molecular weight is 281 g/mol. The number of carbonyl (C=O) groups is 1. The minimum absolute atomic E-state index is 0.113. The Kier molecular flexibility index (Phi) is 3.65. The summed E-state index contributed by atoms with van der Waals surface area (Å²) in [5, 5.41) is 0. The van der Waals surface area contributed by atoms with Crippen LogP contribution < -0.4 is 9.64 Å². The second-order valence-corrected chi connectivity index (χ2v) is 5.21. The molecule has 0 N–H and O–H groups in total. The van der Waals surface area contributed by atoms with Gasteiger partial charge in [0.05, 0.1) is 13.0 Å². The van der Waals surface area contributed by atoms with Gasteiger partial charge in [0.2, 0.25) is 5.91 Å². The van der Waals surface area contributed by atoms with Gasteiger partial charge in [-0.1, -0.05) is 36.4 Å². The zero-order valence-electron chi connectivity index (χ0n) is 12.4. The third kappa shape index (κ3) is 2.29. The summed E-state index contributed by atoms with van der Waals surface area (Å²) in [6.45, 7) is 2.72. The van der Waals surface area contributed by atoms with E-state index in [-0.39, 0.29) is 11.8 Å². The van der Waals surface area contributed by atoms with Gasteiger partial charge in [-0.05, 0) is 36.6 Å². The van der Waals surface area contributed by atoms with Crippen LogP contribution in [0, 0.1) is 0 Å². The van der Waals surface area contributed by atoms with Crippen LogP contribution in [0.3, 0.4) is 0 Å². The molecule has 0 saturated heterocycles. The standard InChI is InChI=1S/C18H19NO2/c1-3-19-16-10-6-5-9-14(16)15(18(19)20)12-13-8-4-7-11-17(13)21-2/h4-11,15H,3,12H2,1-2H3. The van der Waals surface area contributed by atoms with Gasteiger partial charge in [-0.15, -0.1) is 0 Å². The Hall–Kier alpha value is -2.29. The molecule has 0 radical (unpaired) electrons. The SMILES string of the molecule is CCN1C(=O)C(Cc2ccccc2OC)c2ccccc21. The summed E-state index contributed by atoms with van der Waals surface area (Å²) in [4.78, 5) is 14.6. The van der Waals surface area contributed by atoms with E-state index in [1.165, 1.54) is 0 Å². The molecule has 3 nitrogen and oxygen atoms in total. The smallest absolute Gasteiger partial charge is 0.234 e. The maximum atomic E-state index is 12.7. The average Bonchev–Trinajstić information content (AvgIpc) is 2.80. The normalized spacial score (nSPS) is 17.0. The summed E-state index contributed by atoms with van der Waals surface area (Å²) in [5.41, 5.74) is 3.24. The molecule has 108 valence electrons. The molecule has 0 spiro atoms. The van der Waals surface area contributed by atoms with E-state index in [0.29, 0.717) is 13.0 Å². The molecule has 0 bridgehead atoms. The van der Waals surface area contributed by atoms with Crippen molar-refractivity contribution >= 4 is 11.6 Å². The van der Waals surface area contributed by atoms with E-state index >= 15 is 0 Å². The van der Waals surface area contributed by atoms with E-state index in [2.05, 4.69) is 6.07 Å². The number of rotatable bonds is 4. The third-order valence-electron chi connectivity index (χ3n) is 4.10. The summed E-state index contributed by atoms with van der Waals surface area (Å²) in [7, 11) is 1.67. The number of para-hydroxylation sites is 2. The lowest BCUT2D eigenvalue weighted by Crippen LogP contribution is -2.29. The van der Waals surface area contributed by atoms with Crippen molar-refractivity contribution in [2.45, 2.75) is 19.3 Å². The van der Waals surface area contributed by atoms with Gasteiger partial charge in [0.1, 0.15) is 5.75 Å². The van der Waals surface area contributed by atoms with Crippen LogP contribution in [0.25, 0.3) is 0 Å². The molecule has 2 aromatic rings. The first kappa shape index (κ1) is 13.7. The quantitative estimate of drug-likeness (QED) is 0.859. The second-order valence-electron chi connectivity index (χ2n) is 5.21. The highest BCUT2D eigenvalue weighted by Gasteiger charge is 2.36. The maximum Gasteiger partial charge on any atom is 0.234 e. The van der Waals surface area contributed by atoms with Crippen LogP contribution in [-0.4, -0.2) is 19.6 Å². The van der Waals surface area contributed by atoms with Gasteiger partial charge in [0, 0.05) is 12.2 Å². The molecule has 1 aliphatic rings. The highest BCUT2D eigenvalue weighted by Crippen LogP contribution is 2.39. The summed E-state index contributed by atoms with van der Waals surface area (Å²) in [5.74, 6) is 0.916. The number of ether oxygens (including phenoxy) is 1. The zero-order chi connectivity index (χ0) is 14.8. The van der Waals surface area contributed by atoms with Gasteiger partial charge < -0.3 is 9.64 Å². The lowest BCUT2D eigenvalue weighted by atomic mass is 9.93. The van der Waals surface area contributed by atoms with Crippen molar-refractivity contribution < 1.29 is 9.53 Å². The van der Waals surface area contributed by atoms with E-state index in [1.54, 1.807) is 7.11 Å². The molecule has 1 heterocycles. The van der Waals surface area contributed by atoms with Gasteiger partial charge in [0.25, 0.3) is 0 Å². The topological polar surface area (TPSA) is 29.5 Å². The number of benzene rings is 2. The largest absolute Gasteiger partial charge is 0.496 e. The number of amides is 1. The Balaban J connectivity index is 1.98. The molecule has 0 fully saturated rings. The molecule has 0 saturated carbocycles. The van der Waals surface area contributed by atoms with Crippen molar-refractivity contribution in [1.29, 1.82) is 0 Å². The summed E-state index contributed by atoms with van der Waals surface area (Å²) in [6.07, 6.45) is 0.677. The van der Waals surface area contributed by atoms with E-state index < -0.39 is 0 Å². The second kappa shape index (κ2) is 5.60. The minimum Gasteiger partial charge on any atom is -0.496 e. The number of hydrogen-bond donors (Lipinski definition) is 0. The maximum absolute atomic E-state index is 12.7. The summed E-state index contributed by atoms with van der Waals surface area (Å²) in [6, 6.07) is 16.0. The van der Waals surface area contributed by atoms with Crippen LogP contribution in [0.2, 0.25) is 0 Å². The Labute approximate surface area is 125 Å². The van der Waals surface area contributed by atoms with Crippen molar-refractivity contribution in [1.82, 2.24) is 0 Å². The van der Waals surface area contributed by atoms with Crippen LogP contribution >= 0.6 is 0 Å². The van der Waals surface area contributed by atoms with Crippen molar-refractivity contribution in [3.05, 3.63) is 59.7 Å². The van der Waals surface area contributed by atoms with Gasteiger partial charge in [0.15, 0.2) is 0 Å². The van der Waals surface area contributed by atoms with Gasteiger partial charge in [-0.3, -0.25) is 4.79 Å². The van der Waals surface area contributed by atoms with Crippen LogP contribution in [0.15, 0.2) is 48.5 Å². The zero-order valence-corrected chi connectivity index (χ0v) is 12.4. The number of likely N-dealkylation sites (N-methyl/N-ethyl adjacent to an activating group) is 1. The predicted molar refractivity (Wildman–Crippen MR) is 83.9 cm³/mol. The number of fused-ring (bicyclic) bond motifs is 1. The monoisotopic (exact) mass is 281 g/mol. The molecular formula is C18H19NO2. The molecule has 21 heavy (non-hydrogen) atoms. The van der Waals surface area contributed by atoms with E-state index in [1.807, 2.05) is 54.3 Å². The van der Waals surface area contributed by atoms with E-state index in [4.69, 9.17) is 4.74 Å². The molecule has 3 rings (SSSR count). The molecule has 2 aromatic carbocycles. The van der Waals surface area contributed by atoms with Gasteiger partial charge >= 0.3 is 0 Å². The van der Waals surface area contributed by atoms with Crippen LogP contribution in [0.1, 0.15) is 24.0 Å². The fourth-order valence-electron chi connectivity index (χ4n) is 3.08. The molecule has 1 unspecified atom stereocenters. The highest BCUT2D eigenvalue weighted by atomic mass is 16.5. The van der Waals surface area contributed by atoms with E-state index in [9.17, 15) is 4.79 Å². The third-order valence-corrected chi connectivity index (χ3v) is 4.10. The number of anilines is 1. The first-order chi connectivity index (χ1) is 10.3. The lowest BCUT2D eigenvalue weighted by Gasteiger charge is -2.16. The van der Waals surface area contributed by atoms with Gasteiger partial charge in [-0.25, -0.2) is 0 Å². The van der Waals surface area contributed by atoms with Crippen molar-refractivity contribution in [2.75, 3.05) is 18.6 Å². The molecular weight excluding hydrogens is 262 g/mol. The van der Waals surface area contributed by atoms with Crippen molar-refractivity contribution in [3.8, 4) is 5.75 Å². The van der Waals surface area contributed by atoms with Crippen LogP contribution in [0.5, 0.6) is 5.75 Å². The number of carbonyl (C=O) groups excluding carboxylic acids is 1. The lowest BCUT2D eigenvalue weighted by molar-refractivity contribution is -0.119. The Morgan fingerprint density at radius 2 is 1.81 bits per heavy atom. The molecule has 1 atom stereocenters. The summed E-state index contributed by atoms with van der Waals surface area (Å²) < 4.78 is 5.41. The van der Waals surface area contributed by atoms with Crippen molar-refractivity contribution in [3.63, 3.8) is 0 Å². The molecule has 1 aliphatic heterocycles. The van der Waals surface area contributed by atoms with E-state index in [0.717, 1.165) is 22.6 Å². The van der Waals surface area contributed by atoms with Crippen LogP contribution in [-0.2, 0) is 11.2 Å². The Morgan fingerprint density at radius 1 is 1.10 bits per heavy atom. The highest BCUT2D eigenvalue weighted by molar-refractivity contribution is 6.05. The van der Waals surface area contributed by atoms with Crippen molar-refractivity contribution in [2.24, 2.45) is 0 Å². The van der Waals surface area contributed by atoms with Gasteiger partial charge in [-0.2, -0.15) is 0 Å². The number of nitrogens with zero attached hydrogens (tertiary/aromatic N) is 1. The molecule has 1 amide bonds. The molecule has 0 aliphatic carbocycles. The minimum atomic E-state index is -0.113. The summed E-state index contributed by atoms with van der Waals surface area (Å²) >= 11 is 0. The Bertz CT molecular complexity index is 666.